The van der Waals surface area contributed by atoms with E-state index in [0.29, 0.717) is 55.2 Å². The second-order valence-corrected chi connectivity index (χ2v) is 26.9. The molecule has 0 aromatic heterocycles. The molecule has 0 radical (unpaired) electrons. The summed E-state index contributed by atoms with van der Waals surface area (Å²) in [6, 6.07) is -2.11. The molecule has 18 heteroatoms. The molecule has 6 N–H and O–H groups in total. The van der Waals surface area contributed by atoms with Crippen LogP contribution < -0.4 is 31.9 Å². The van der Waals surface area contributed by atoms with Crippen molar-refractivity contribution >= 4 is 80.7 Å². The molecule has 14 nitrogen and oxygen atoms in total. The van der Waals surface area contributed by atoms with E-state index in [0.717, 1.165) is 25.7 Å². The Morgan fingerprint density at radius 1 is 0.750 bits per heavy atom. The molecule has 2 aliphatic carbocycles. The van der Waals surface area contributed by atoms with Crippen molar-refractivity contribution in [2.45, 2.75) is 194 Å². The first-order valence-corrected chi connectivity index (χ1v) is 26.5. The third kappa shape index (κ3) is 22.3. The van der Waals surface area contributed by atoms with Gasteiger partial charge in [0.25, 0.3) is 0 Å². The second-order valence-electron chi connectivity index (χ2n) is 20.6. The summed E-state index contributed by atoms with van der Waals surface area (Å²) >= 11 is 3.34. The van der Waals surface area contributed by atoms with Crippen molar-refractivity contribution in [1.29, 1.82) is 0 Å². The third-order valence-corrected chi connectivity index (χ3v) is 15.7. The van der Waals surface area contributed by atoms with E-state index in [1.807, 2.05) is 41.5 Å². The Kier molecular flexibility index (Phi) is 26.4. The lowest BCUT2D eigenvalue weighted by Crippen LogP contribution is -2.55. The molecule has 4 atom stereocenters. The zero-order valence-corrected chi connectivity index (χ0v) is 43.4. The summed E-state index contributed by atoms with van der Waals surface area (Å²) in [6.45, 7) is 24.1. The topological polar surface area (TPSA) is 193 Å². The Bertz CT molecular complexity index is 1500. The summed E-state index contributed by atoms with van der Waals surface area (Å²) < 4.78 is 11.1. The number of nitrogens with one attached hydrogen (secondary N) is 6. The van der Waals surface area contributed by atoms with Crippen LogP contribution in [0.2, 0.25) is 0 Å². The van der Waals surface area contributed by atoms with Gasteiger partial charge in [-0.1, -0.05) is 104 Å². The van der Waals surface area contributed by atoms with Gasteiger partial charge in [0.05, 0.1) is 22.9 Å². The second kappa shape index (κ2) is 27.2. The third-order valence-electron chi connectivity index (χ3n) is 10.5. The van der Waals surface area contributed by atoms with Gasteiger partial charge in [0.1, 0.15) is 23.3 Å². The molecule has 0 aromatic rings. The van der Waals surface area contributed by atoms with E-state index in [2.05, 4.69) is 73.4 Å². The van der Waals surface area contributed by atoms with Crippen molar-refractivity contribution < 1.29 is 38.2 Å². The Morgan fingerprint density at radius 3 is 1.73 bits per heavy atom. The smallest absolute Gasteiger partial charge is 0.330 e. The maximum absolute atomic E-state index is 13.6. The zero-order chi connectivity index (χ0) is 47.2. The highest BCUT2D eigenvalue weighted by Gasteiger charge is 2.45. The molecule has 64 heavy (non-hydrogen) atoms. The summed E-state index contributed by atoms with van der Waals surface area (Å²) in [5.41, 5.74) is -2.61. The first-order chi connectivity index (χ1) is 28.5. The van der Waals surface area contributed by atoms with Crippen molar-refractivity contribution in [2.24, 2.45) is 10.8 Å². The molecule has 374 valence electrons. The molecule has 3 rings (SSSR count). The van der Waals surface area contributed by atoms with Gasteiger partial charge in [-0.25, -0.2) is 9.59 Å². The molecular weight excluding hydrogens is 893 g/mol. The molecule has 1 spiro atoms. The molecule has 1 heterocycles. The lowest BCUT2D eigenvalue weighted by atomic mass is 9.84. The minimum Gasteiger partial charge on any atom is -0.458 e. The number of hydrogen-bond acceptors (Lipinski definition) is 14. The standard InChI is InChI=1S/C26H49N3O4S2.C18H31N3O4S2.2CH4/c1-23(2,3)33-21(31)19(16-35-25(7,8)9)29-22(32)26(13-11-12-14-26)17-28-20(30)18(27-10)15-34-24(4,5)6;1-17(2,3)25-15(23)13-10-27-26-9-12(19-4)14(22)20-11-18(16(24)21-13)7-5-6-8-18;;/h18-19,27H,11-17H2,1-10H3,(H,28,30)(H,29,32);12-13,19H,5-11H2,1-4H3,(H,20,22)(H,21,24);2*1H4/t18?,19-;12?,13-;;/m00../s1. The summed E-state index contributed by atoms with van der Waals surface area (Å²) in [7, 11) is 6.50. The van der Waals surface area contributed by atoms with Crippen molar-refractivity contribution in [2.75, 3.05) is 50.2 Å². The molecule has 0 bridgehead atoms. The minimum absolute atomic E-state index is 0. The van der Waals surface area contributed by atoms with Crippen LogP contribution in [0.5, 0.6) is 0 Å². The number of hydrogen-bond donors (Lipinski definition) is 6. The van der Waals surface area contributed by atoms with Crippen LogP contribution in [0.1, 0.15) is 149 Å². The highest BCUT2D eigenvalue weighted by Crippen LogP contribution is 2.40. The number of carbonyl (C=O) groups excluding carboxylic acids is 6. The zero-order valence-electron chi connectivity index (χ0n) is 40.1. The van der Waals surface area contributed by atoms with E-state index >= 15 is 0 Å². The van der Waals surface area contributed by atoms with E-state index in [1.165, 1.54) is 21.6 Å². The van der Waals surface area contributed by atoms with Gasteiger partial charge in [0.15, 0.2) is 0 Å². The summed E-state index contributed by atoms with van der Waals surface area (Å²) in [6.07, 6.45) is 6.54. The van der Waals surface area contributed by atoms with E-state index < -0.39 is 46.1 Å². The van der Waals surface area contributed by atoms with Crippen LogP contribution in [0.15, 0.2) is 0 Å². The Morgan fingerprint density at radius 2 is 1.25 bits per heavy atom. The van der Waals surface area contributed by atoms with Crippen molar-refractivity contribution in [3.8, 4) is 0 Å². The monoisotopic (exact) mass is 981 g/mol. The highest BCUT2D eigenvalue weighted by molar-refractivity contribution is 8.76. The fourth-order valence-corrected chi connectivity index (χ4v) is 11.3. The number of esters is 2. The predicted molar refractivity (Wildman–Crippen MR) is 272 cm³/mol. The quantitative estimate of drug-likeness (QED) is 0.0826. The van der Waals surface area contributed by atoms with Gasteiger partial charge in [0, 0.05) is 45.6 Å². The summed E-state index contributed by atoms with van der Waals surface area (Å²) in [4.78, 5) is 77.6. The lowest BCUT2D eigenvalue weighted by molar-refractivity contribution is -0.159. The number of thioether (sulfide) groups is 2. The van der Waals surface area contributed by atoms with Crippen LogP contribution in [0.3, 0.4) is 0 Å². The van der Waals surface area contributed by atoms with Crippen molar-refractivity contribution in [1.82, 2.24) is 31.9 Å². The SMILES string of the molecule is C.C.CNC(CSC(C)(C)C)C(=O)NCC1(C(=O)N[C@@H](CSC(C)(C)C)C(=O)OC(C)(C)C)CCCC1.CNC1CSSC[C@@H](C(=O)OC(C)(C)C)NC(=O)C2(CCCC2)CNC1=O. The highest BCUT2D eigenvalue weighted by atomic mass is 33.1. The minimum atomic E-state index is -0.743. The van der Waals surface area contributed by atoms with Gasteiger partial charge in [-0.2, -0.15) is 23.5 Å². The lowest BCUT2D eigenvalue weighted by Gasteiger charge is -2.32. The van der Waals surface area contributed by atoms with Crippen molar-refractivity contribution in [3.05, 3.63) is 0 Å². The Balaban J connectivity index is 0.00000124. The molecule has 1 aliphatic heterocycles. The number of carbonyl (C=O) groups is 6. The largest absolute Gasteiger partial charge is 0.458 e. The maximum Gasteiger partial charge on any atom is 0.330 e. The number of likely N-dealkylation sites (N-methyl/N-ethyl adjacent to an activating group) is 2. The number of ether oxygens (including phenoxy) is 2. The molecule has 3 aliphatic rings. The van der Waals surface area contributed by atoms with Crippen LogP contribution in [0.25, 0.3) is 0 Å². The number of rotatable bonds is 13. The Hall–Kier alpha value is -1.86. The molecule has 3 fully saturated rings. The molecule has 0 aromatic carbocycles. The van der Waals surface area contributed by atoms with Gasteiger partial charge in [-0.3, -0.25) is 19.2 Å². The van der Waals surface area contributed by atoms with E-state index in [1.54, 1.807) is 37.6 Å². The molecule has 4 amide bonds. The molecule has 1 saturated heterocycles. The van der Waals surface area contributed by atoms with Crippen LogP contribution in [-0.4, -0.2) is 131 Å². The molecular formula is C46H88N6O8S4. The van der Waals surface area contributed by atoms with Gasteiger partial charge >= 0.3 is 11.9 Å². The van der Waals surface area contributed by atoms with E-state index in [9.17, 15) is 28.8 Å². The van der Waals surface area contributed by atoms with E-state index in [-0.39, 0.29) is 66.6 Å². The average molecular weight is 982 g/mol. The Labute approximate surface area is 404 Å². The van der Waals surface area contributed by atoms with Crippen LogP contribution >= 0.6 is 45.1 Å². The predicted octanol–water partition coefficient (Wildman–Crippen LogP) is 6.89. The fourth-order valence-electron chi connectivity index (χ4n) is 7.02. The average Bonchev–Trinajstić information content (AvgIpc) is 3.84. The van der Waals surface area contributed by atoms with Gasteiger partial charge in [-0.05, 0) is 81.3 Å². The van der Waals surface area contributed by atoms with Gasteiger partial charge in [0.2, 0.25) is 23.6 Å². The maximum atomic E-state index is 13.6. The molecule has 2 saturated carbocycles. The number of amides is 4. The first kappa shape index (κ1) is 62.1. The van der Waals surface area contributed by atoms with Crippen LogP contribution in [-0.2, 0) is 38.2 Å². The van der Waals surface area contributed by atoms with Crippen LogP contribution in [0, 0.1) is 10.8 Å². The van der Waals surface area contributed by atoms with Crippen molar-refractivity contribution in [3.63, 3.8) is 0 Å². The molecule has 2 unspecified atom stereocenters. The van der Waals surface area contributed by atoms with Crippen LogP contribution in [0.4, 0.5) is 0 Å². The summed E-state index contributed by atoms with van der Waals surface area (Å²) in [5, 5.41) is 18.0. The normalized spacial score (nSPS) is 21.3. The van der Waals surface area contributed by atoms with Gasteiger partial charge < -0.3 is 41.4 Å². The first-order valence-electron chi connectivity index (χ1n) is 22.0. The summed E-state index contributed by atoms with van der Waals surface area (Å²) in [5.74, 6) is 0.693. The van der Waals surface area contributed by atoms with E-state index in [4.69, 9.17) is 9.47 Å². The van der Waals surface area contributed by atoms with Gasteiger partial charge in [-0.15, -0.1) is 0 Å². The fraction of sp³-hybridized carbons (Fsp3) is 0.870.